The first-order valence-electron chi connectivity index (χ1n) is 9.37. The lowest BCUT2D eigenvalue weighted by Gasteiger charge is -2.53. The van der Waals surface area contributed by atoms with Crippen LogP contribution in [-0.4, -0.2) is 33.3 Å². The van der Waals surface area contributed by atoms with Crippen molar-refractivity contribution in [3.63, 3.8) is 0 Å². The molecule has 5 rings (SSSR count). The molecular weight excluding hydrogens is 346 g/mol. The van der Waals surface area contributed by atoms with Crippen molar-refractivity contribution in [3.8, 4) is 11.3 Å². The highest BCUT2D eigenvalue weighted by molar-refractivity contribution is 6.33. The minimum absolute atomic E-state index is 0.595. The van der Waals surface area contributed by atoms with Crippen LogP contribution in [-0.2, 0) is 0 Å². The number of piperidine rings is 1. The number of nitrogens with zero attached hydrogens (tertiary/aromatic N) is 4. The number of hydrogen-bond acceptors (Lipinski definition) is 4. The summed E-state index contributed by atoms with van der Waals surface area (Å²) in [5.74, 6) is 1.80. The topological polar surface area (TPSA) is 57.7 Å². The van der Waals surface area contributed by atoms with Crippen LogP contribution in [0.3, 0.4) is 0 Å². The van der Waals surface area contributed by atoms with Gasteiger partial charge in [0.15, 0.2) is 0 Å². The molecule has 5 nitrogen and oxygen atoms in total. The Morgan fingerprint density at radius 1 is 1.19 bits per heavy atom. The maximum atomic E-state index is 6.32. The minimum atomic E-state index is 0.595. The third kappa shape index (κ3) is 2.41. The van der Waals surface area contributed by atoms with Gasteiger partial charge >= 0.3 is 0 Å². The molecule has 2 aliphatic rings. The summed E-state index contributed by atoms with van der Waals surface area (Å²) in [6, 6.07) is 7.71. The Morgan fingerprint density at radius 2 is 2.00 bits per heavy atom. The van der Waals surface area contributed by atoms with Crippen LogP contribution in [0.2, 0.25) is 5.02 Å². The van der Waals surface area contributed by atoms with Crippen LogP contribution in [0.5, 0.6) is 0 Å². The fourth-order valence-electron chi connectivity index (χ4n) is 4.56. The van der Waals surface area contributed by atoms with E-state index in [1.165, 1.54) is 25.7 Å². The van der Waals surface area contributed by atoms with Crippen LogP contribution < -0.4 is 4.90 Å². The van der Waals surface area contributed by atoms with E-state index in [2.05, 4.69) is 27.0 Å². The van der Waals surface area contributed by atoms with Gasteiger partial charge in [0, 0.05) is 18.7 Å². The number of halogens is 1. The van der Waals surface area contributed by atoms with E-state index in [0.717, 1.165) is 41.6 Å². The summed E-state index contributed by atoms with van der Waals surface area (Å²) in [5.41, 5.74) is 3.73. The molecule has 6 heteroatoms. The van der Waals surface area contributed by atoms with Crippen molar-refractivity contribution in [1.29, 1.82) is 0 Å². The molecule has 3 heterocycles. The van der Waals surface area contributed by atoms with Gasteiger partial charge in [-0.1, -0.05) is 36.7 Å². The first-order chi connectivity index (χ1) is 12.7. The number of rotatable bonds is 2. The summed E-state index contributed by atoms with van der Waals surface area (Å²) in [6.45, 7) is 4.53. The highest BCUT2D eigenvalue weighted by Gasteiger charge is 2.45. The first-order valence-corrected chi connectivity index (χ1v) is 9.75. The van der Waals surface area contributed by atoms with E-state index >= 15 is 0 Å². The van der Waals surface area contributed by atoms with Crippen LogP contribution in [0.1, 0.15) is 32.6 Å². The van der Waals surface area contributed by atoms with Crippen molar-refractivity contribution in [2.75, 3.05) is 18.0 Å². The van der Waals surface area contributed by atoms with Crippen molar-refractivity contribution in [3.05, 3.63) is 35.5 Å². The zero-order chi connectivity index (χ0) is 17.7. The van der Waals surface area contributed by atoms with Crippen LogP contribution in [0.15, 0.2) is 30.5 Å². The zero-order valence-corrected chi connectivity index (χ0v) is 15.6. The molecule has 134 valence electrons. The third-order valence-corrected chi connectivity index (χ3v) is 6.93. The van der Waals surface area contributed by atoms with E-state index in [9.17, 15) is 0 Å². The normalized spacial score (nSPS) is 21.9. The van der Waals surface area contributed by atoms with Gasteiger partial charge in [-0.3, -0.25) is 5.10 Å². The van der Waals surface area contributed by atoms with Gasteiger partial charge in [-0.2, -0.15) is 5.10 Å². The number of H-pyrrole nitrogens is 1. The number of anilines is 1. The number of hydrogen-bond donors (Lipinski definition) is 1. The summed E-state index contributed by atoms with van der Waals surface area (Å²) < 4.78 is 0. The zero-order valence-electron chi connectivity index (χ0n) is 14.9. The lowest BCUT2D eigenvalue weighted by Crippen LogP contribution is -2.48. The molecule has 2 fully saturated rings. The molecule has 1 aliphatic carbocycles. The van der Waals surface area contributed by atoms with Crippen LogP contribution in [0.25, 0.3) is 22.4 Å². The Morgan fingerprint density at radius 3 is 2.69 bits per heavy atom. The molecule has 1 saturated heterocycles. The highest BCUT2D eigenvalue weighted by Crippen LogP contribution is 2.53. The smallest absolute Gasteiger partial charge is 0.202 e. The van der Waals surface area contributed by atoms with Crippen LogP contribution >= 0.6 is 11.6 Å². The molecule has 0 amide bonds. The summed E-state index contributed by atoms with van der Waals surface area (Å²) in [6.07, 6.45) is 7.19. The Balaban J connectivity index is 1.42. The molecule has 3 aromatic rings. The van der Waals surface area contributed by atoms with Crippen molar-refractivity contribution >= 4 is 28.6 Å². The van der Waals surface area contributed by atoms with Crippen molar-refractivity contribution in [2.24, 2.45) is 11.3 Å². The quantitative estimate of drug-likeness (QED) is 0.713. The van der Waals surface area contributed by atoms with E-state index in [-0.39, 0.29) is 0 Å². The van der Waals surface area contributed by atoms with Gasteiger partial charge in [0.05, 0.1) is 16.9 Å². The van der Waals surface area contributed by atoms with Gasteiger partial charge in [-0.25, -0.2) is 9.97 Å². The van der Waals surface area contributed by atoms with Gasteiger partial charge < -0.3 is 4.90 Å². The predicted molar refractivity (Wildman–Crippen MR) is 104 cm³/mol. The lowest BCUT2D eigenvalue weighted by molar-refractivity contribution is 0.0163. The molecule has 0 bridgehead atoms. The standard InChI is InChI=1S/C20H22ClN5/c1-13-6-7-20(13)8-10-26(11-9-20)16-12-22-18-17(24-25-19(18)23-16)14-4-2-3-5-15(14)21/h2-5,12-13H,6-11H2,1H3,(H,23,24,25)/t13-/m1/s1. The molecule has 0 radical (unpaired) electrons. The molecule has 1 saturated carbocycles. The summed E-state index contributed by atoms with van der Waals surface area (Å²) in [5, 5.41) is 8.12. The average Bonchev–Trinajstić information content (AvgIpc) is 3.10. The molecule has 1 N–H and O–H groups in total. The second-order valence-corrected chi connectivity index (χ2v) is 8.18. The minimum Gasteiger partial charge on any atom is -0.355 e. The summed E-state index contributed by atoms with van der Waals surface area (Å²) >= 11 is 6.32. The average molecular weight is 368 g/mol. The maximum absolute atomic E-state index is 6.32. The molecule has 1 spiro atoms. The number of fused-ring (bicyclic) bond motifs is 1. The highest BCUT2D eigenvalue weighted by atomic mass is 35.5. The van der Waals surface area contributed by atoms with E-state index in [0.29, 0.717) is 16.1 Å². The molecule has 26 heavy (non-hydrogen) atoms. The van der Waals surface area contributed by atoms with Crippen molar-refractivity contribution in [2.45, 2.75) is 32.6 Å². The van der Waals surface area contributed by atoms with Crippen LogP contribution in [0.4, 0.5) is 5.82 Å². The van der Waals surface area contributed by atoms with Crippen LogP contribution in [0, 0.1) is 11.3 Å². The Hall–Kier alpha value is -2.14. The third-order valence-electron chi connectivity index (χ3n) is 6.60. The maximum Gasteiger partial charge on any atom is 0.202 e. The first kappa shape index (κ1) is 16.1. The van der Waals surface area contributed by atoms with Gasteiger partial charge in [-0.15, -0.1) is 0 Å². The number of aromatic amines is 1. The summed E-state index contributed by atoms with van der Waals surface area (Å²) in [4.78, 5) is 11.8. The molecule has 1 aliphatic heterocycles. The monoisotopic (exact) mass is 367 g/mol. The molecule has 2 aromatic heterocycles. The molecule has 0 unspecified atom stereocenters. The Kier molecular flexibility index (Phi) is 3.67. The second-order valence-electron chi connectivity index (χ2n) is 7.77. The van der Waals surface area contributed by atoms with Crippen molar-refractivity contribution in [1.82, 2.24) is 20.2 Å². The van der Waals surface area contributed by atoms with E-state index in [1.807, 2.05) is 30.5 Å². The number of aromatic nitrogens is 4. The molecule has 1 atom stereocenters. The fourth-order valence-corrected chi connectivity index (χ4v) is 4.79. The molecular formula is C20H22ClN5. The van der Waals surface area contributed by atoms with E-state index in [4.69, 9.17) is 16.6 Å². The largest absolute Gasteiger partial charge is 0.355 e. The van der Waals surface area contributed by atoms with Gasteiger partial charge in [-0.05, 0) is 43.1 Å². The number of nitrogens with one attached hydrogen (secondary N) is 1. The number of benzene rings is 1. The fraction of sp³-hybridized carbons (Fsp3) is 0.450. The lowest BCUT2D eigenvalue weighted by atomic mass is 9.56. The summed E-state index contributed by atoms with van der Waals surface area (Å²) in [7, 11) is 0. The van der Waals surface area contributed by atoms with Crippen molar-refractivity contribution < 1.29 is 0 Å². The Labute approximate surface area is 157 Å². The second kappa shape index (κ2) is 5.95. The van der Waals surface area contributed by atoms with Gasteiger partial charge in [0.1, 0.15) is 11.3 Å². The van der Waals surface area contributed by atoms with E-state index in [1.54, 1.807) is 0 Å². The van der Waals surface area contributed by atoms with Gasteiger partial charge in [0.2, 0.25) is 5.65 Å². The van der Waals surface area contributed by atoms with E-state index < -0.39 is 0 Å². The predicted octanol–water partition coefficient (Wildman–Crippen LogP) is 4.69. The Bertz CT molecular complexity index is 958. The SMILES string of the molecule is C[C@@H]1CCC12CCN(c1cnc3c(-c4ccccc4Cl)[nH]nc3n1)CC2. The van der Waals surface area contributed by atoms with Gasteiger partial charge in [0.25, 0.3) is 0 Å². The molecule has 1 aromatic carbocycles.